The van der Waals surface area contributed by atoms with Gasteiger partial charge in [-0.25, -0.2) is 14.1 Å². The van der Waals surface area contributed by atoms with Gasteiger partial charge in [-0.05, 0) is 57.0 Å². The maximum absolute atomic E-state index is 14.4. The third kappa shape index (κ3) is 2.35. The molecular formula is C24H22FN3O5S. The summed E-state index contributed by atoms with van der Waals surface area (Å²) >= 11 is 1.18. The Kier molecular flexibility index (Phi) is 4.38. The van der Waals surface area contributed by atoms with Crippen LogP contribution in [-0.4, -0.2) is 48.3 Å². The summed E-state index contributed by atoms with van der Waals surface area (Å²) in [4.78, 5) is 57.9. The highest BCUT2D eigenvalue weighted by Gasteiger charge is 2.75. The van der Waals surface area contributed by atoms with Crippen LogP contribution in [-0.2, 0) is 24.7 Å². The fourth-order valence-electron chi connectivity index (χ4n) is 6.48. The molecule has 3 fully saturated rings. The lowest BCUT2D eigenvalue weighted by Crippen LogP contribution is -2.54. The van der Waals surface area contributed by atoms with Crippen LogP contribution in [0.1, 0.15) is 39.2 Å². The SMILES string of the molecule is COC(=O)c1c(N2C(=O)[C@H]3[C@@H](C2=O)[C@@]2(C(=O)Nc4ccc(F)cc42)N2CCC[C@@H]32)sc(C)c1C. The molecule has 0 saturated carbocycles. The van der Waals surface area contributed by atoms with Crippen molar-refractivity contribution in [2.45, 2.75) is 38.3 Å². The second-order valence-corrected chi connectivity index (χ2v) is 10.5. The third-order valence-corrected chi connectivity index (χ3v) is 9.11. The maximum Gasteiger partial charge on any atom is 0.341 e. The molecule has 4 atom stereocenters. The molecule has 2 aromatic rings. The van der Waals surface area contributed by atoms with Crippen LogP contribution in [0.3, 0.4) is 0 Å². The summed E-state index contributed by atoms with van der Waals surface area (Å²) in [5, 5.41) is 3.05. The van der Waals surface area contributed by atoms with Crippen molar-refractivity contribution in [2.24, 2.45) is 11.8 Å². The van der Waals surface area contributed by atoms with E-state index in [-0.39, 0.29) is 16.6 Å². The van der Waals surface area contributed by atoms with E-state index >= 15 is 0 Å². The highest BCUT2D eigenvalue weighted by Crippen LogP contribution is 2.61. The first kappa shape index (κ1) is 21.4. The van der Waals surface area contributed by atoms with Gasteiger partial charge in [0.25, 0.3) is 0 Å². The van der Waals surface area contributed by atoms with Gasteiger partial charge in [0.15, 0.2) is 0 Å². The van der Waals surface area contributed by atoms with Gasteiger partial charge < -0.3 is 10.1 Å². The Morgan fingerprint density at radius 2 is 2.00 bits per heavy atom. The second-order valence-electron chi connectivity index (χ2n) is 9.28. The van der Waals surface area contributed by atoms with Gasteiger partial charge in [-0.15, -0.1) is 11.3 Å². The van der Waals surface area contributed by atoms with Crippen LogP contribution in [0, 0.1) is 31.5 Å². The highest BCUT2D eigenvalue weighted by molar-refractivity contribution is 7.17. The number of imide groups is 1. The molecule has 0 bridgehead atoms. The number of hydrogen-bond acceptors (Lipinski definition) is 7. The smallest absolute Gasteiger partial charge is 0.341 e. The van der Waals surface area contributed by atoms with Gasteiger partial charge in [0.2, 0.25) is 17.7 Å². The Morgan fingerprint density at radius 3 is 2.74 bits per heavy atom. The molecule has 5 heterocycles. The van der Waals surface area contributed by atoms with E-state index in [2.05, 4.69) is 5.32 Å². The van der Waals surface area contributed by atoms with Gasteiger partial charge in [-0.1, -0.05) is 0 Å². The average Bonchev–Trinajstić information content (AvgIpc) is 3.56. The van der Waals surface area contributed by atoms with Crippen LogP contribution in [0.25, 0.3) is 0 Å². The van der Waals surface area contributed by atoms with Gasteiger partial charge in [-0.3, -0.25) is 19.3 Å². The van der Waals surface area contributed by atoms with Crippen molar-refractivity contribution >= 4 is 45.7 Å². The summed E-state index contributed by atoms with van der Waals surface area (Å²) in [6.07, 6.45) is 1.42. The van der Waals surface area contributed by atoms with E-state index in [9.17, 15) is 23.6 Å². The Bertz CT molecular complexity index is 1320. The number of methoxy groups -OCH3 is 1. The Labute approximate surface area is 198 Å². The average molecular weight is 484 g/mol. The van der Waals surface area contributed by atoms with E-state index in [0.717, 1.165) is 16.2 Å². The van der Waals surface area contributed by atoms with Crippen LogP contribution in [0.2, 0.25) is 0 Å². The normalized spacial score (nSPS) is 29.6. The number of anilines is 2. The van der Waals surface area contributed by atoms with Crippen molar-refractivity contribution in [2.75, 3.05) is 23.9 Å². The molecule has 1 aromatic heterocycles. The van der Waals surface area contributed by atoms with Crippen molar-refractivity contribution in [3.05, 3.63) is 45.6 Å². The number of carbonyl (C=O) groups is 4. The number of carbonyl (C=O) groups excluding carboxylic acids is 4. The summed E-state index contributed by atoms with van der Waals surface area (Å²) in [6, 6.07) is 3.73. The van der Waals surface area contributed by atoms with Gasteiger partial charge in [0.05, 0.1) is 24.5 Å². The summed E-state index contributed by atoms with van der Waals surface area (Å²) in [7, 11) is 1.25. The Morgan fingerprint density at radius 1 is 1.24 bits per heavy atom. The van der Waals surface area contributed by atoms with E-state index in [1.54, 1.807) is 6.92 Å². The minimum Gasteiger partial charge on any atom is -0.465 e. The number of thiophene rings is 1. The van der Waals surface area contributed by atoms with Crippen molar-refractivity contribution in [1.29, 1.82) is 0 Å². The van der Waals surface area contributed by atoms with Crippen LogP contribution >= 0.6 is 11.3 Å². The number of nitrogens with zero attached hydrogens (tertiary/aromatic N) is 2. The Hall–Kier alpha value is -3.11. The standard InChI is InChI=1S/C24H22FN3O5S/c1-10-11(2)34-21(16(10)22(31)33-3)28-19(29)17-15-5-4-8-27(15)24(18(17)20(28)30)13-9-12(25)6-7-14(13)26-23(24)32/h6-7,9,15,17-18H,4-5,8H2,1-3H3,(H,26,32)/t15-,17+,18-,24-/m0/s1. The molecule has 176 valence electrons. The number of rotatable bonds is 2. The van der Waals surface area contributed by atoms with Crippen LogP contribution < -0.4 is 10.2 Å². The molecule has 4 aliphatic heterocycles. The number of hydrogen-bond donors (Lipinski definition) is 1. The zero-order chi connectivity index (χ0) is 24.1. The predicted octanol–water partition coefficient (Wildman–Crippen LogP) is 2.72. The number of fused-ring (bicyclic) bond motifs is 7. The van der Waals surface area contributed by atoms with Crippen LogP contribution in [0.15, 0.2) is 18.2 Å². The van der Waals surface area contributed by atoms with Gasteiger partial charge >= 0.3 is 5.97 Å². The number of benzene rings is 1. The molecule has 34 heavy (non-hydrogen) atoms. The quantitative estimate of drug-likeness (QED) is 0.521. The van der Waals surface area contributed by atoms with Crippen LogP contribution in [0.4, 0.5) is 15.1 Å². The van der Waals surface area contributed by atoms with Crippen LogP contribution in [0.5, 0.6) is 0 Å². The molecule has 1 N–H and O–H groups in total. The summed E-state index contributed by atoms with van der Waals surface area (Å²) < 4.78 is 19.3. The fourth-order valence-corrected chi connectivity index (χ4v) is 7.64. The molecule has 8 nitrogen and oxygen atoms in total. The summed E-state index contributed by atoms with van der Waals surface area (Å²) in [6.45, 7) is 4.09. The topological polar surface area (TPSA) is 96.0 Å². The molecule has 0 aliphatic carbocycles. The number of halogens is 1. The van der Waals surface area contributed by atoms with Crippen molar-refractivity contribution in [3.63, 3.8) is 0 Å². The lowest BCUT2D eigenvalue weighted by Gasteiger charge is -2.36. The molecule has 1 spiro atoms. The summed E-state index contributed by atoms with van der Waals surface area (Å²) in [5.41, 5.74) is 0.220. The Balaban J connectivity index is 1.56. The zero-order valence-electron chi connectivity index (χ0n) is 18.8. The number of amides is 3. The number of nitrogens with one attached hydrogen (secondary N) is 1. The third-order valence-electron chi connectivity index (χ3n) is 7.91. The molecule has 4 aliphatic rings. The van der Waals surface area contributed by atoms with Crippen molar-refractivity contribution in [3.8, 4) is 0 Å². The first-order valence-electron chi connectivity index (χ1n) is 11.2. The fraction of sp³-hybridized carbons (Fsp3) is 0.417. The van der Waals surface area contributed by atoms with Gasteiger partial charge in [-0.2, -0.15) is 0 Å². The lowest BCUT2D eigenvalue weighted by molar-refractivity contribution is -0.135. The van der Waals surface area contributed by atoms with Crippen molar-refractivity contribution in [1.82, 2.24) is 4.90 Å². The molecular weight excluding hydrogens is 461 g/mol. The zero-order valence-corrected chi connectivity index (χ0v) is 19.6. The maximum atomic E-state index is 14.4. The van der Waals surface area contributed by atoms with E-state index in [4.69, 9.17) is 4.74 Å². The van der Waals surface area contributed by atoms with E-state index in [1.165, 1.54) is 36.6 Å². The largest absolute Gasteiger partial charge is 0.465 e. The first-order chi connectivity index (χ1) is 16.2. The molecule has 0 unspecified atom stereocenters. The van der Waals surface area contributed by atoms with E-state index in [1.807, 2.05) is 11.8 Å². The minimum absolute atomic E-state index is 0.186. The summed E-state index contributed by atoms with van der Waals surface area (Å²) in [5.74, 6) is -4.29. The second kappa shape index (κ2) is 6.96. The van der Waals surface area contributed by atoms with Gasteiger partial charge in [0, 0.05) is 22.2 Å². The lowest BCUT2D eigenvalue weighted by atomic mass is 9.75. The minimum atomic E-state index is -1.46. The predicted molar refractivity (Wildman–Crippen MR) is 121 cm³/mol. The monoisotopic (exact) mass is 483 g/mol. The number of esters is 1. The highest BCUT2D eigenvalue weighted by atomic mass is 32.1. The van der Waals surface area contributed by atoms with Gasteiger partial charge in [0.1, 0.15) is 16.4 Å². The molecule has 6 rings (SSSR count). The molecule has 3 amide bonds. The number of ether oxygens (including phenoxy) is 1. The molecule has 0 radical (unpaired) electrons. The molecule has 10 heteroatoms. The van der Waals surface area contributed by atoms with Crippen molar-refractivity contribution < 1.29 is 28.3 Å². The molecule has 3 saturated heterocycles. The van der Waals surface area contributed by atoms with E-state index < -0.39 is 46.9 Å². The first-order valence-corrected chi connectivity index (χ1v) is 12.0. The van der Waals surface area contributed by atoms with E-state index in [0.29, 0.717) is 29.8 Å². The number of aryl methyl sites for hydroxylation is 1. The molecule has 1 aromatic carbocycles.